The fourth-order valence-corrected chi connectivity index (χ4v) is 3.00. The average Bonchev–Trinajstić information content (AvgIpc) is 2.61. The fourth-order valence-electron chi connectivity index (χ4n) is 3.00. The molecule has 1 aromatic carbocycles. The third kappa shape index (κ3) is 5.17. The van der Waals surface area contributed by atoms with Gasteiger partial charge in [0.05, 0.1) is 18.3 Å². The summed E-state index contributed by atoms with van der Waals surface area (Å²) in [7, 11) is 0. The van der Waals surface area contributed by atoms with Gasteiger partial charge in [0.1, 0.15) is 6.07 Å². The molecule has 5 heteroatoms. The Bertz CT molecular complexity index is 563. The predicted octanol–water partition coefficient (Wildman–Crippen LogP) is 4.98. The highest BCUT2D eigenvalue weighted by atomic mass is 19.2. The molecule has 0 bridgehead atoms. The number of unbranched alkanes of at least 4 members (excludes halogenated alkanes) is 2. The van der Waals surface area contributed by atoms with Crippen molar-refractivity contribution in [2.75, 3.05) is 13.2 Å². The first kappa shape index (κ1) is 18.7. The van der Waals surface area contributed by atoms with Gasteiger partial charge in [0.15, 0.2) is 11.6 Å². The Morgan fingerprint density at radius 2 is 1.88 bits per heavy atom. The van der Waals surface area contributed by atoms with Gasteiger partial charge in [0.25, 0.3) is 0 Å². The highest BCUT2D eigenvalue weighted by molar-refractivity contribution is 5.37. The second kappa shape index (κ2) is 9.58. The molecule has 0 N–H and O–H groups in total. The molecule has 24 heavy (non-hydrogen) atoms. The molecular weight excluding hydrogens is 312 g/mol. The maximum absolute atomic E-state index is 13.8. The lowest BCUT2D eigenvalue weighted by molar-refractivity contribution is 0.0110. The quantitative estimate of drug-likeness (QED) is 0.628. The Labute approximate surface area is 142 Å². The fraction of sp³-hybridized carbons (Fsp3) is 0.632. The monoisotopic (exact) mass is 337 g/mol. The van der Waals surface area contributed by atoms with E-state index in [4.69, 9.17) is 14.7 Å². The second-order valence-electron chi connectivity index (χ2n) is 6.38. The van der Waals surface area contributed by atoms with Crippen LogP contribution in [-0.2, 0) is 4.74 Å². The van der Waals surface area contributed by atoms with Crippen molar-refractivity contribution in [3.8, 4) is 11.8 Å². The standard InChI is InChI=1S/C19H25F2NO2/c1-2-3-4-11-23-16-8-5-14(6-9-16)13-24-17-10-7-15(12-22)18(20)19(17)21/h7,10,14,16H,2-6,8-9,11,13H2,1H3/t14-,16-. The van der Waals surface area contributed by atoms with Crippen molar-refractivity contribution in [1.82, 2.24) is 0 Å². The molecule has 1 aliphatic carbocycles. The topological polar surface area (TPSA) is 42.2 Å². The number of hydrogen-bond donors (Lipinski definition) is 0. The van der Waals surface area contributed by atoms with E-state index < -0.39 is 11.6 Å². The van der Waals surface area contributed by atoms with Crippen LogP contribution in [0.4, 0.5) is 8.78 Å². The molecule has 0 saturated heterocycles. The number of nitrogens with zero attached hydrogens (tertiary/aromatic N) is 1. The zero-order valence-corrected chi connectivity index (χ0v) is 14.2. The van der Waals surface area contributed by atoms with Gasteiger partial charge in [-0.1, -0.05) is 19.8 Å². The van der Waals surface area contributed by atoms with E-state index in [-0.39, 0.29) is 11.3 Å². The molecule has 0 heterocycles. The van der Waals surface area contributed by atoms with E-state index in [0.29, 0.717) is 18.6 Å². The van der Waals surface area contributed by atoms with Crippen LogP contribution in [0.3, 0.4) is 0 Å². The van der Waals surface area contributed by atoms with Gasteiger partial charge in [-0.25, -0.2) is 4.39 Å². The highest BCUT2D eigenvalue weighted by Crippen LogP contribution is 2.28. The minimum atomic E-state index is -1.14. The highest BCUT2D eigenvalue weighted by Gasteiger charge is 2.23. The van der Waals surface area contributed by atoms with E-state index in [9.17, 15) is 8.78 Å². The van der Waals surface area contributed by atoms with Crippen molar-refractivity contribution in [3.63, 3.8) is 0 Å². The number of halogens is 2. The Morgan fingerprint density at radius 1 is 1.12 bits per heavy atom. The minimum Gasteiger partial charge on any atom is -0.490 e. The van der Waals surface area contributed by atoms with Gasteiger partial charge in [0, 0.05) is 6.61 Å². The SMILES string of the molecule is CCCCCO[C@H]1CC[C@H](COc2ccc(C#N)c(F)c2F)CC1. The summed E-state index contributed by atoms with van der Waals surface area (Å²) in [6, 6.07) is 4.18. The van der Waals surface area contributed by atoms with Gasteiger partial charge in [0.2, 0.25) is 5.82 Å². The summed E-state index contributed by atoms with van der Waals surface area (Å²) >= 11 is 0. The molecule has 1 aromatic rings. The first-order valence-corrected chi connectivity index (χ1v) is 8.78. The lowest BCUT2D eigenvalue weighted by Crippen LogP contribution is -2.25. The lowest BCUT2D eigenvalue weighted by atomic mass is 9.88. The first-order valence-electron chi connectivity index (χ1n) is 8.78. The molecule has 3 nitrogen and oxygen atoms in total. The van der Waals surface area contributed by atoms with Crippen LogP contribution < -0.4 is 4.74 Å². The molecular formula is C19H25F2NO2. The molecule has 0 aliphatic heterocycles. The van der Waals surface area contributed by atoms with Crippen LogP contribution >= 0.6 is 0 Å². The van der Waals surface area contributed by atoms with Crippen LogP contribution in [0.5, 0.6) is 5.75 Å². The van der Waals surface area contributed by atoms with Crippen molar-refractivity contribution in [2.45, 2.75) is 58.0 Å². The summed E-state index contributed by atoms with van der Waals surface area (Å²) < 4.78 is 38.7. The van der Waals surface area contributed by atoms with Crippen molar-refractivity contribution in [2.24, 2.45) is 5.92 Å². The number of ether oxygens (including phenoxy) is 2. The van der Waals surface area contributed by atoms with E-state index in [1.807, 2.05) is 0 Å². The third-order valence-corrected chi connectivity index (χ3v) is 4.54. The van der Waals surface area contributed by atoms with Crippen LogP contribution in [0.1, 0.15) is 57.4 Å². The van der Waals surface area contributed by atoms with Crippen LogP contribution in [0.15, 0.2) is 12.1 Å². The van der Waals surface area contributed by atoms with Gasteiger partial charge in [-0.2, -0.15) is 9.65 Å². The van der Waals surface area contributed by atoms with Crippen LogP contribution in [0, 0.1) is 28.9 Å². The lowest BCUT2D eigenvalue weighted by Gasteiger charge is -2.28. The summed E-state index contributed by atoms with van der Waals surface area (Å²) in [4.78, 5) is 0. The van der Waals surface area contributed by atoms with Crippen LogP contribution in [-0.4, -0.2) is 19.3 Å². The zero-order valence-electron chi connectivity index (χ0n) is 14.2. The van der Waals surface area contributed by atoms with Gasteiger partial charge < -0.3 is 9.47 Å². The molecule has 0 amide bonds. The normalized spacial score (nSPS) is 20.6. The summed E-state index contributed by atoms with van der Waals surface area (Å²) in [5.74, 6) is -2.01. The Kier molecular flexibility index (Phi) is 7.45. The second-order valence-corrected chi connectivity index (χ2v) is 6.38. The minimum absolute atomic E-state index is 0.121. The summed E-state index contributed by atoms with van der Waals surface area (Å²) in [5.41, 5.74) is -0.305. The number of rotatable bonds is 8. The maximum atomic E-state index is 13.8. The Morgan fingerprint density at radius 3 is 2.54 bits per heavy atom. The summed E-state index contributed by atoms with van der Waals surface area (Å²) in [5, 5.41) is 8.67. The summed E-state index contributed by atoms with van der Waals surface area (Å²) in [6.45, 7) is 3.37. The van der Waals surface area contributed by atoms with E-state index in [1.54, 1.807) is 6.07 Å². The summed E-state index contributed by atoms with van der Waals surface area (Å²) in [6.07, 6.45) is 7.76. The van der Waals surface area contributed by atoms with Crippen molar-refractivity contribution in [3.05, 3.63) is 29.3 Å². The first-order chi connectivity index (χ1) is 11.7. The van der Waals surface area contributed by atoms with Crippen LogP contribution in [0.25, 0.3) is 0 Å². The van der Waals surface area contributed by atoms with Gasteiger partial charge in [-0.05, 0) is 50.2 Å². The number of hydrogen-bond acceptors (Lipinski definition) is 3. The molecule has 1 saturated carbocycles. The third-order valence-electron chi connectivity index (χ3n) is 4.54. The predicted molar refractivity (Wildman–Crippen MR) is 87.8 cm³/mol. The smallest absolute Gasteiger partial charge is 0.201 e. The van der Waals surface area contributed by atoms with E-state index in [0.717, 1.165) is 38.7 Å². The molecule has 1 fully saturated rings. The van der Waals surface area contributed by atoms with Crippen molar-refractivity contribution in [1.29, 1.82) is 5.26 Å². The molecule has 0 atom stereocenters. The largest absolute Gasteiger partial charge is 0.490 e. The number of benzene rings is 1. The van der Waals surface area contributed by atoms with Gasteiger partial charge in [-0.15, -0.1) is 0 Å². The molecule has 1 aliphatic rings. The van der Waals surface area contributed by atoms with E-state index >= 15 is 0 Å². The van der Waals surface area contributed by atoms with Crippen molar-refractivity contribution >= 4 is 0 Å². The van der Waals surface area contributed by atoms with Crippen LogP contribution in [0.2, 0.25) is 0 Å². The molecule has 2 rings (SSSR count). The molecule has 132 valence electrons. The zero-order chi connectivity index (χ0) is 17.4. The van der Waals surface area contributed by atoms with E-state index in [1.165, 1.54) is 25.0 Å². The molecule has 0 radical (unpaired) electrons. The molecule has 0 spiro atoms. The Hall–Kier alpha value is -1.67. The molecule has 0 unspecified atom stereocenters. The number of nitriles is 1. The van der Waals surface area contributed by atoms with Crippen molar-refractivity contribution < 1.29 is 18.3 Å². The van der Waals surface area contributed by atoms with Gasteiger partial charge in [-0.3, -0.25) is 0 Å². The Balaban J connectivity index is 1.73. The molecule has 0 aromatic heterocycles. The maximum Gasteiger partial charge on any atom is 0.201 e. The van der Waals surface area contributed by atoms with E-state index in [2.05, 4.69) is 6.92 Å². The van der Waals surface area contributed by atoms with Gasteiger partial charge >= 0.3 is 0 Å². The average molecular weight is 337 g/mol.